The van der Waals surface area contributed by atoms with Crippen LogP contribution in [0.4, 0.5) is 0 Å². The molecule has 9 nitrogen and oxygen atoms in total. The fourth-order valence-electron chi connectivity index (χ4n) is 4.11. The van der Waals surface area contributed by atoms with Crippen LogP contribution in [0, 0.1) is 0 Å². The number of phenols is 2. The van der Waals surface area contributed by atoms with Gasteiger partial charge in [-0.25, -0.2) is 0 Å². The number of aromatic nitrogens is 2. The molecule has 2 aromatic heterocycles. The van der Waals surface area contributed by atoms with Crippen molar-refractivity contribution in [2.24, 2.45) is 0 Å². The quantitative estimate of drug-likeness (QED) is 0.187. The molecule has 4 N–H and O–H groups in total. The first-order valence-electron chi connectivity index (χ1n) is 12.1. The molecule has 0 spiro atoms. The third kappa shape index (κ3) is 6.12. The van der Waals surface area contributed by atoms with Gasteiger partial charge in [0.05, 0.1) is 5.56 Å². The van der Waals surface area contributed by atoms with E-state index in [0.29, 0.717) is 30.0 Å². The maximum Gasteiger partial charge on any atom is 0.265 e. The summed E-state index contributed by atoms with van der Waals surface area (Å²) in [6.07, 6.45) is 1.87. The van der Waals surface area contributed by atoms with Gasteiger partial charge in [-0.05, 0) is 66.4 Å². The van der Waals surface area contributed by atoms with Crippen molar-refractivity contribution in [2.75, 3.05) is 13.2 Å². The lowest BCUT2D eigenvalue weighted by molar-refractivity contribution is -0.121. The third-order valence-electron chi connectivity index (χ3n) is 6.03. The van der Waals surface area contributed by atoms with Gasteiger partial charge in [-0.15, -0.1) is 0 Å². The molecular formula is C29H29N3O6. The van der Waals surface area contributed by atoms with Crippen LogP contribution in [-0.4, -0.2) is 43.8 Å². The summed E-state index contributed by atoms with van der Waals surface area (Å²) in [5.74, 6) is -1.38. The van der Waals surface area contributed by atoms with Crippen molar-refractivity contribution in [2.45, 2.75) is 25.7 Å². The SMILES string of the molecule is C=C(C)COc1ccc([C@H](CC(=O)NCCc2ccc(O)c(O)c2)c2c(O)nc3ccccn3c2=O)cc1. The molecule has 0 radical (unpaired) electrons. The van der Waals surface area contributed by atoms with Crippen LogP contribution >= 0.6 is 0 Å². The average molecular weight is 516 g/mol. The van der Waals surface area contributed by atoms with E-state index in [-0.39, 0.29) is 35.9 Å². The molecule has 0 aliphatic rings. The molecule has 2 heterocycles. The Morgan fingerprint density at radius 1 is 1.08 bits per heavy atom. The summed E-state index contributed by atoms with van der Waals surface area (Å²) in [5, 5.41) is 32.7. The lowest BCUT2D eigenvalue weighted by atomic mass is 9.89. The van der Waals surface area contributed by atoms with Crippen LogP contribution in [0.1, 0.15) is 36.0 Å². The Morgan fingerprint density at radius 3 is 2.55 bits per heavy atom. The zero-order valence-electron chi connectivity index (χ0n) is 20.9. The van der Waals surface area contributed by atoms with E-state index in [1.54, 1.807) is 54.7 Å². The number of carbonyl (C=O) groups excluding carboxylic acids is 1. The first kappa shape index (κ1) is 26.3. The van der Waals surface area contributed by atoms with Crippen molar-refractivity contribution in [3.05, 3.63) is 106 Å². The van der Waals surface area contributed by atoms with Gasteiger partial charge in [0.15, 0.2) is 11.5 Å². The summed E-state index contributed by atoms with van der Waals surface area (Å²) in [5.41, 5.74) is 2.08. The van der Waals surface area contributed by atoms with Crippen LogP contribution in [0.3, 0.4) is 0 Å². The number of amides is 1. The largest absolute Gasteiger partial charge is 0.504 e. The first-order valence-corrected chi connectivity index (χ1v) is 12.1. The second-order valence-electron chi connectivity index (χ2n) is 9.08. The maximum atomic E-state index is 13.4. The number of fused-ring (bicyclic) bond motifs is 1. The lowest BCUT2D eigenvalue weighted by Crippen LogP contribution is -2.30. The molecule has 0 aliphatic carbocycles. The monoisotopic (exact) mass is 515 g/mol. The van der Waals surface area contributed by atoms with E-state index < -0.39 is 17.4 Å². The Morgan fingerprint density at radius 2 is 1.84 bits per heavy atom. The van der Waals surface area contributed by atoms with E-state index in [9.17, 15) is 24.9 Å². The molecule has 4 aromatic rings. The molecule has 0 unspecified atom stereocenters. The van der Waals surface area contributed by atoms with Gasteiger partial charge in [0.1, 0.15) is 18.0 Å². The highest BCUT2D eigenvalue weighted by Crippen LogP contribution is 2.32. The summed E-state index contributed by atoms with van der Waals surface area (Å²) in [4.78, 5) is 30.6. The van der Waals surface area contributed by atoms with E-state index >= 15 is 0 Å². The van der Waals surface area contributed by atoms with Crippen LogP contribution in [0.15, 0.2) is 83.8 Å². The smallest absolute Gasteiger partial charge is 0.265 e. The van der Waals surface area contributed by atoms with Gasteiger partial charge in [-0.3, -0.25) is 14.0 Å². The lowest BCUT2D eigenvalue weighted by Gasteiger charge is -2.19. The van der Waals surface area contributed by atoms with Gasteiger partial charge in [0, 0.05) is 25.1 Å². The van der Waals surface area contributed by atoms with E-state index in [1.165, 1.54) is 16.5 Å². The molecule has 38 heavy (non-hydrogen) atoms. The Balaban J connectivity index is 1.59. The van der Waals surface area contributed by atoms with E-state index in [1.807, 2.05) is 6.92 Å². The molecule has 0 saturated carbocycles. The van der Waals surface area contributed by atoms with Gasteiger partial charge < -0.3 is 25.4 Å². The van der Waals surface area contributed by atoms with Crippen molar-refractivity contribution >= 4 is 11.6 Å². The average Bonchev–Trinajstić information content (AvgIpc) is 2.89. The zero-order chi connectivity index (χ0) is 27.2. The molecule has 9 heteroatoms. The third-order valence-corrected chi connectivity index (χ3v) is 6.03. The fraction of sp³-hybridized carbons (Fsp3) is 0.207. The number of nitrogens with zero attached hydrogens (tertiary/aromatic N) is 2. The Labute approximate surface area is 219 Å². The normalized spacial score (nSPS) is 11.7. The van der Waals surface area contributed by atoms with Gasteiger partial charge in [0.25, 0.3) is 5.56 Å². The molecule has 0 bridgehead atoms. The molecule has 4 rings (SSSR count). The maximum absolute atomic E-state index is 13.4. The molecule has 0 saturated heterocycles. The summed E-state index contributed by atoms with van der Waals surface area (Å²) in [6.45, 7) is 6.31. The number of rotatable bonds is 10. The van der Waals surface area contributed by atoms with Crippen molar-refractivity contribution in [3.8, 4) is 23.1 Å². The van der Waals surface area contributed by atoms with E-state index in [0.717, 1.165) is 11.1 Å². The van der Waals surface area contributed by atoms with Crippen LogP contribution in [0.25, 0.3) is 5.65 Å². The van der Waals surface area contributed by atoms with E-state index in [4.69, 9.17) is 4.74 Å². The Kier molecular flexibility index (Phi) is 7.96. The predicted octanol–water partition coefficient (Wildman–Crippen LogP) is 3.65. The topological polar surface area (TPSA) is 133 Å². The number of benzene rings is 2. The second-order valence-corrected chi connectivity index (χ2v) is 9.08. The van der Waals surface area contributed by atoms with Gasteiger partial charge in [0.2, 0.25) is 11.8 Å². The number of nitrogens with one attached hydrogen (secondary N) is 1. The number of ether oxygens (including phenoxy) is 1. The van der Waals surface area contributed by atoms with Crippen molar-refractivity contribution < 1.29 is 24.9 Å². The summed E-state index contributed by atoms with van der Waals surface area (Å²) >= 11 is 0. The highest BCUT2D eigenvalue weighted by atomic mass is 16.5. The number of hydrogen-bond acceptors (Lipinski definition) is 7. The number of phenolic OH excluding ortho intramolecular Hbond substituents is 2. The van der Waals surface area contributed by atoms with Crippen molar-refractivity contribution in [3.63, 3.8) is 0 Å². The predicted molar refractivity (Wildman–Crippen MR) is 143 cm³/mol. The summed E-state index contributed by atoms with van der Waals surface area (Å²) in [7, 11) is 0. The first-order chi connectivity index (χ1) is 18.2. The summed E-state index contributed by atoms with van der Waals surface area (Å²) < 4.78 is 7.00. The minimum atomic E-state index is -0.778. The van der Waals surface area contributed by atoms with Crippen LogP contribution in [-0.2, 0) is 11.2 Å². The standard InChI is InChI=1S/C29H29N3O6/c1-18(2)17-38-21-9-7-20(8-10-21)22(27-28(36)31-25-5-3-4-14-32(25)29(27)37)16-26(35)30-13-12-19-6-11-23(33)24(34)15-19/h3-11,14-15,22,33-34,36H,1,12-13,16-17H2,2H3,(H,30,35)/t22-/m0/s1. The van der Waals surface area contributed by atoms with E-state index in [2.05, 4.69) is 16.9 Å². The fourth-order valence-corrected chi connectivity index (χ4v) is 4.11. The number of hydrogen-bond donors (Lipinski definition) is 4. The van der Waals surface area contributed by atoms with Crippen LogP contribution < -0.4 is 15.6 Å². The van der Waals surface area contributed by atoms with Gasteiger partial charge >= 0.3 is 0 Å². The molecule has 0 fully saturated rings. The molecular weight excluding hydrogens is 486 g/mol. The summed E-state index contributed by atoms with van der Waals surface area (Å²) in [6, 6.07) is 16.5. The van der Waals surface area contributed by atoms with Crippen LogP contribution in [0.2, 0.25) is 0 Å². The Bertz CT molecular complexity index is 1530. The minimum absolute atomic E-state index is 0.0166. The van der Waals surface area contributed by atoms with Gasteiger partial charge in [-0.1, -0.05) is 30.8 Å². The molecule has 1 amide bonds. The van der Waals surface area contributed by atoms with Crippen LogP contribution in [0.5, 0.6) is 23.1 Å². The van der Waals surface area contributed by atoms with Gasteiger partial charge in [-0.2, -0.15) is 4.98 Å². The van der Waals surface area contributed by atoms with Crippen molar-refractivity contribution in [1.82, 2.24) is 14.7 Å². The zero-order valence-corrected chi connectivity index (χ0v) is 20.9. The number of aromatic hydroxyl groups is 3. The molecule has 2 aromatic carbocycles. The highest BCUT2D eigenvalue weighted by Gasteiger charge is 2.26. The number of pyridine rings is 1. The molecule has 1 atom stereocenters. The Hall–Kier alpha value is -4.79. The minimum Gasteiger partial charge on any atom is -0.504 e. The number of carbonyl (C=O) groups is 1. The highest BCUT2D eigenvalue weighted by molar-refractivity contribution is 5.77. The van der Waals surface area contributed by atoms with Crippen molar-refractivity contribution in [1.29, 1.82) is 0 Å². The molecule has 196 valence electrons. The second kappa shape index (κ2) is 11.5. The molecule has 0 aliphatic heterocycles.